The highest BCUT2D eigenvalue weighted by atomic mass is 16.1. The lowest BCUT2D eigenvalue weighted by molar-refractivity contribution is -0.576. The number of quaternary nitrogens is 1. The molecule has 1 aromatic carbocycles. The van der Waals surface area contributed by atoms with Crippen molar-refractivity contribution in [2.24, 2.45) is 16.6 Å². The van der Waals surface area contributed by atoms with Crippen LogP contribution in [0.25, 0.3) is 0 Å². The number of primary amides is 2. The van der Waals surface area contributed by atoms with Gasteiger partial charge in [0.1, 0.15) is 17.6 Å². The van der Waals surface area contributed by atoms with Crippen molar-refractivity contribution < 1.29 is 15.0 Å². The highest BCUT2D eigenvalue weighted by Gasteiger charge is 2.13. The van der Waals surface area contributed by atoms with E-state index in [9.17, 15) is 9.59 Å². The summed E-state index contributed by atoms with van der Waals surface area (Å²) in [6.45, 7) is -0.148. The SMILES string of the molecule is N=CC=N[NH2+]c1cccc(Nc2nc(NCC(N)=O)ncc2C(N)=O)c1. The van der Waals surface area contributed by atoms with Crippen LogP contribution in [-0.4, -0.2) is 40.8 Å². The maximum atomic E-state index is 11.6. The lowest BCUT2D eigenvalue weighted by Gasteiger charge is -2.11. The largest absolute Gasteiger partial charge is 0.368 e. The van der Waals surface area contributed by atoms with Gasteiger partial charge in [-0.05, 0) is 6.07 Å². The summed E-state index contributed by atoms with van der Waals surface area (Å²) in [4.78, 5) is 30.5. The van der Waals surface area contributed by atoms with Gasteiger partial charge < -0.3 is 27.5 Å². The highest BCUT2D eigenvalue weighted by Crippen LogP contribution is 2.20. The average molecular weight is 356 g/mol. The van der Waals surface area contributed by atoms with Crippen LogP contribution in [0.3, 0.4) is 0 Å². The number of hydrogen-bond acceptors (Lipinski definition) is 8. The molecule has 11 nitrogen and oxygen atoms in total. The average Bonchev–Trinajstić information content (AvgIpc) is 2.60. The topological polar surface area (TPSA) is 189 Å². The molecule has 1 aromatic heterocycles. The number of anilines is 3. The molecule has 0 aliphatic rings. The lowest BCUT2D eigenvalue weighted by atomic mass is 10.2. The van der Waals surface area contributed by atoms with Gasteiger partial charge in [-0.15, -0.1) is 0 Å². The van der Waals surface area contributed by atoms with Crippen LogP contribution in [-0.2, 0) is 4.79 Å². The summed E-state index contributed by atoms with van der Waals surface area (Å²) in [5.74, 6) is -0.975. The molecule has 0 atom stereocenters. The van der Waals surface area contributed by atoms with Crippen LogP contribution in [0.15, 0.2) is 35.6 Å². The molecule has 134 valence electrons. The third-order valence-corrected chi connectivity index (χ3v) is 3.01. The number of rotatable bonds is 9. The second-order valence-electron chi connectivity index (χ2n) is 4.98. The van der Waals surface area contributed by atoms with Crippen molar-refractivity contribution >= 4 is 47.4 Å². The first-order valence-corrected chi connectivity index (χ1v) is 7.41. The first-order valence-electron chi connectivity index (χ1n) is 7.41. The van der Waals surface area contributed by atoms with Crippen LogP contribution in [0.2, 0.25) is 0 Å². The summed E-state index contributed by atoms with van der Waals surface area (Å²) < 4.78 is 0. The third-order valence-electron chi connectivity index (χ3n) is 3.01. The zero-order chi connectivity index (χ0) is 18.9. The number of carbonyl (C=O) groups excluding carboxylic acids is 2. The Hall–Kier alpha value is -3.86. The summed E-state index contributed by atoms with van der Waals surface area (Å²) in [7, 11) is 0. The van der Waals surface area contributed by atoms with Crippen LogP contribution in [0.1, 0.15) is 10.4 Å². The van der Waals surface area contributed by atoms with Crippen LogP contribution in [0, 0.1) is 5.41 Å². The minimum Gasteiger partial charge on any atom is -0.368 e. The Morgan fingerprint density at radius 2 is 2.15 bits per heavy atom. The summed E-state index contributed by atoms with van der Waals surface area (Å²) in [5.41, 5.74) is 13.5. The smallest absolute Gasteiger partial charge is 0.254 e. The maximum absolute atomic E-state index is 11.6. The van der Waals surface area contributed by atoms with E-state index in [0.29, 0.717) is 5.69 Å². The molecule has 0 aliphatic carbocycles. The van der Waals surface area contributed by atoms with Crippen molar-refractivity contribution in [2.75, 3.05) is 17.2 Å². The van der Waals surface area contributed by atoms with Crippen LogP contribution in [0.4, 0.5) is 23.1 Å². The fourth-order valence-electron chi connectivity index (χ4n) is 1.91. The van der Waals surface area contributed by atoms with E-state index in [-0.39, 0.29) is 23.9 Å². The van der Waals surface area contributed by atoms with E-state index in [2.05, 4.69) is 25.7 Å². The molecule has 0 bridgehead atoms. The number of aromatic nitrogens is 2. The van der Waals surface area contributed by atoms with Gasteiger partial charge in [0.15, 0.2) is 5.69 Å². The standard InChI is InChI=1S/C15H17N9O2/c16-4-5-21-24-10-3-1-2-9(6-10)22-14-11(13(18)26)7-19-15(23-14)20-8-12(17)25/h1-7,16,24H,8H2,(H2,17,25)(H2,18,26)(H2,19,20,22,23)/p+1. The molecule has 0 saturated heterocycles. The van der Waals surface area contributed by atoms with Gasteiger partial charge in [0, 0.05) is 30.2 Å². The Kier molecular flexibility index (Phi) is 6.28. The second kappa shape index (κ2) is 8.84. The Balaban J connectivity index is 2.25. The van der Waals surface area contributed by atoms with Crippen molar-refractivity contribution in [2.45, 2.75) is 0 Å². The van der Waals surface area contributed by atoms with Gasteiger partial charge in [0.05, 0.1) is 6.54 Å². The molecule has 0 fully saturated rings. The van der Waals surface area contributed by atoms with Crippen molar-refractivity contribution in [1.82, 2.24) is 9.97 Å². The summed E-state index contributed by atoms with van der Waals surface area (Å²) >= 11 is 0. The van der Waals surface area contributed by atoms with E-state index in [4.69, 9.17) is 16.9 Å². The molecule has 0 saturated carbocycles. The van der Waals surface area contributed by atoms with Crippen molar-refractivity contribution in [3.8, 4) is 0 Å². The first kappa shape index (κ1) is 18.5. The van der Waals surface area contributed by atoms with Crippen molar-refractivity contribution in [1.29, 1.82) is 5.41 Å². The molecule has 0 aliphatic heterocycles. The predicted octanol–water partition coefficient (Wildman–Crippen LogP) is -0.953. The van der Waals surface area contributed by atoms with Crippen LogP contribution >= 0.6 is 0 Å². The van der Waals surface area contributed by atoms with Crippen LogP contribution < -0.4 is 27.5 Å². The van der Waals surface area contributed by atoms with Gasteiger partial charge in [0.2, 0.25) is 11.9 Å². The number of carbonyl (C=O) groups is 2. The summed E-state index contributed by atoms with van der Waals surface area (Å²) in [5, 5.41) is 16.5. The monoisotopic (exact) mass is 356 g/mol. The molecule has 0 spiro atoms. The molecule has 11 heteroatoms. The van der Waals surface area contributed by atoms with E-state index >= 15 is 0 Å². The minimum absolute atomic E-state index is 0.0887. The number of amides is 2. The Morgan fingerprint density at radius 3 is 2.85 bits per heavy atom. The molecular formula is C15H18N9O2+. The van der Waals surface area contributed by atoms with Crippen LogP contribution in [0.5, 0.6) is 0 Å². The zero-order valence-corrected chi connectivity index (χ0v) is 13.6. The number of nitrogens with two attached hydrogens (primary N) is 3. The van der Waals surface area contributed by atoms with Crippen molar-refractivity contribution in [3.05, 3.63) is 36.0 Å². The van der Waals surface area contributed by atoms with E-state index < -0.39 is 11.8 Å². The first-order chi connectivity index (χ1) is 12.5. The van der Waals surface area contributed by atoms with Gasteiger partial charge in [-0.2, -0.15) is 10.4 Å². The van der Waals surface area contributed by atoms with Gasteiger partial charge in [-0.25, -0.2) is 4.98 Å². The van der Waals surface area contributed by atoms with E-state index in [1.54, 1.807) is 23.6 Å². The number of benzene rings is 1. The fraction of sp³-hybridized carbons (Fsp3) is 0.0667. The van der Waals surface area contributed by atoms with Gasteiger partial charge in [-0.3, -0.25) is 9.59 Å². The molecule has 0 unspecified atom stereocenters. The van der Waals surface area contributed by atoms with Gasteiger partial charge in [-0.1, -0.05) is 11.2 Å². The molecule has 9 N–H and O–H groups in total. The molecule has 1 heterocycles. The second-order valence-corrected chi connectivity index (χ2v) is 4.98. The lowest BCUT2D eigenvalue weighted by Crippen LogP contribution is -2.71. The Morgan fingerprint density at radius 1 is 1.35 bits per heavy atom. The van der Waals surface area contributed by atoms with E-state index in [1.165, 1.54) is 12.4 Å². The molecular weight excluding hydrogens is 338 g/mol. The number of nitrogens with one attached hydrogen (secondary N) is 3. The Labute approximate surface area is 148 Å². The maximum Gasteiger partial charge on any atom is 0.254 e. The molecule has 2 aromatic rings. The molecule has 2 rings (SSSR count). The fourth-order valence-corrected chi connectivity index (χ4v) is 1.91. The molecule has 0 radical (unpaired) electrons. The number of nitrogens with zero attached hydrogens (tertiary/aromatic N) is 3. The quantitative estimate of drug-likeness (QED) is 0.145. The van der Waals surface area contributed by atoms with E-state index in [0.717, 1.165) is 11.9 Å². The Bertz CT molecular complexity index is 851. The van der Waals surface area contributed by atoms with E-state index in [1.807, 2.05) is 6.07 Å². The summed E-state index contributed by atoms with van der Waals surface area (Å²) in [6, 6.07) is 7.14. The normalized spacial score (nSPS) is 10.5. The predicted molar refractivity (Wildman–Crippen MR) is 96.8 cm³/mol. The number of hydrogen-bond donors (Lipinski definition) is 6. The third kappa shape index (κ3) is 5.35. The molecule has 2 amide bonds. The highest BCUT2D eigenvalue weighted by molar-refractivity contribution is 6.14. The molecule has 26 heavy (non-hydrogen) atoms. The summed E-state index contributed by atoms with van der Waals surface area (Å²) in [6.07, 6.45) is 3.66. The van der Waals surface area contributed by atoms with Gasteiger partial charge >= 0.3 is 0 Å². The van der Waals surface area contributed by atoms with Crippen molar-refractivity contribution in [3.63, 3.8) is 0 Å². The minimum atomic E-state index is -0.702. The van der Waals surface area contributed by atoms with Gasteiger partial charge in [0.25, 0.3) is 5.91 Å². The zero-order valence-electron chi connectivity index (χ0n) is 13.6.